The fourth-order valence-corrected chi connectivity index (χ4v) is 3.60. The minimum Gasteiger partial charge on any atom is -0.504 e. The molecule has 0 amide bonds. The molecule has 0 saturated carbocycles. The smallest absolute Gasteiger partial charge is 0.330 e. The predicted molar refractivity (Wildman–Crippen MR) is 127 cm³/mol. The van der Waals surface area contributed by atoms with Crippen molar-refractivity contribution < 1.29 is 59.1 Å². The first-order valence-electron chi connectivity index (χ1n) is 11.3. The average molecular weight is 523 g/mol. The van der Waals surface area contributed by atoms with Crippen molar-refractivity contribution in [2.24, 2.45) is 0 Å². The van der Waals surface area contributed by atoms with Gasteiger partial charge in [0.15, 0.2) is 23.0 Å². The third kappa shape index (κ3) is 6.81. The second-order valence-electron chi connectivity index (χ2n) is 8.15. The van der Waals surface area contributed by atoms with E-state index in [9.17, 15) is 30.3 Å². The summed E-state index contributed by atoms with van der Waals surface area (Å²) in [6, 6.07) is 7.30. The number of esters is 1. The van der Waals surface area contributed by atoms with Crippen molar-refractivity contribution in [3.63, 3.8) is 0 Å². The van der Waals surface area contributed by atoms with Gasteiger partial charge in [-0.25, -0.2) is 4.79 Å². The molecule has 5 atom stereocenters. The second-order valence-corrected chi connectivity index (χ2v) is 8.15. The van der Waals surface area contributed by atoms with Gasteiger partial charge in [0.25, 0.3) is 0 Å². The number of aliphatic hydroxyl groups is 4. The molecule has 12 heteroatoms. The summed E-state index contributed by atoms with van der Waals surface area (Å²) >= 11 is 0. The molecule has 12 nitrogen and oxygen atoms in total. The molecule has 1 heterocycles. The monoisotopic (exact) mass is 522 g/mol. The van der Waals surface area contributed by atoms with Crippen LogP contribution in [-0.4, -0.2) is 94.7 Å². The molecule has 1 aliphatic heterocycles. The van der Waals surface area contributed by atoms with E-state index in [1.165, 1.54) is 44.6 Å². The molecule has 0 bridgehead atoms. The Bertz CT molecular complexity index is 1080. The number of phenols is 2. The Morgan fingerprint density at radius 1 is 0.973 bits per heavy atom. The zero-order valence-corrected chi connectivity index (χ0v) is 20.2. The van der Waals surface area contributed by atoms with Gasteiger partial charge in [-0.3, -0.25) is 0 Å². The molecule has 1 fully saturated rings. The van der Waals surface area contributed by atoms with E-state index in [0.717, 1.165) is 6.08 Å². The van der Waals surface area contributed by atoms with Gasteiger partial charge in [0.2, 0.25) is 12.0 Å². The number of methoxy groups -OCH3 is 2. The number of ether oxygens (including phenoxy) is 5. The van der Waals surface area contributed by atoms with E-state index in [2.05, 4.69) is 0 Å². The van der Waals surface area contributed by atoms with Crippen LogP contribution in [0.4, 0.5) is 0 Å². The first-order valence-corrected chi connectivity index (χ1v) is 11.3. The maximum absolute atomic E-state index is 12.2. The first kappa shape index (κ1) is 28.0. The van der Waals surface area contributed by atoms with Gasteiger partial charge in [-0.15, -0.1) is 0 Å². The van der Waals surface area contributed by atoms with Crippen molar-refractivity contribution in [1.29, 1.82) is 0 Å². The number of benzene rings is 2. The van der Waals surface area contributed by atoms with Gasteiger partial charge < -0.3 is 54.3 Å². The fraction of sp³-hybridized carbons (Fsp3) is 0.400. The molecular formula is C25H30O12. The molecule has 2 aromatic rings. The van der Waals surface area contributed by atoms with Gasteiger partial charge in [-0.2, -0.15) is 0 Å². The Hall–Kier alpha value is -3.55. The van der Waals surface area contributed by atoms with Gasteiger partial charge in [0, 0.05) is 12.7 Å². The van der Waals surface area contributed by atoms with Crippen molar-refractivity contribution in [2.75, 3.05) is 27.4 Å². The summed E-state index contributed by atoms with van der Waals surface area (Å²) in [7, 11) is 2.72. The molecule has 6 N–H and O–H groups in total. The quantitative estimate of drug-likeness (QED) is 0.183. The number of hydrogen-bond donors (Lipinski definition) is 6. The van der Waals surface area contributed by atoms with E-state index in [0.29, 0.717) is 17.5 Å². The van der Waals surface area contributed by atoms with Gasteiger partial charge in [-0.1, -0.05) is 6.07 Å². The maximum Gasteiger partial charge on any atom is 0.330 e. The molecule has 0 aromatic heterocycles. The molecule has 0 spiro atoms. The SMILES string of the molecule is COc1cc(/C=C/C(=O)OC[C@H]2O[C@@H](Oc3cc(CCO)ccc3O)[C@H](O)[C@@H](O)[C@@H]2O)cc(OC)c1O. The van der Waals surface area contributed by atoms with Gasteiger partial charge >= 0.3 is 5.97 Å². The van der Waals surface area contributed by atoms with Gasteiger partial charge in [-0.05, 0) is 47.9 Å². The molecule has 37 heavy (non-hydrogen) atoms. The summed E-state index contributed by atoms with van der Waals surface area (Å²) in [5.41, 5.74) is 1.11. The Morgan fingerprint density at radius 3 is 2.27 bits per heavy atom. The lowest BCUT2D eigenvalue weighted by Crippen LogP contribution is -2.60. The van der Waals surface area contributed by atoms with Crippen LogP contribution >= 0.6 is 0 Å². The van der Waals surface area contributed by atoms with E-state index in [1.807, 2.05) is 0 Å². The lowest BCUT2D eigenvalue weighted by molar-refractivity contribution is -0.278. The molecule has 2 aromatic carbocycles. The molecule has 3 rings (SSSR count). The normalized spacial score (nSPS) is 23.6. The van der Waals surface area contributed by atoms with Crippen LogP contribution in [0.1, 0.15) is 11.1 Å². The molecular weight excluding hydrogens is 492 g/mol. The van der Waals surface area contributed by atoms with Crippen molar-refractivity contribution in [2.45, 2.75) is 37.1 Å². The molecule has 0 unspecified atom stereocenters. The Morgan fingerprint density at radius 2 is 1.65 bits per heavy atom. The average Bonchev–Trinajstić information content (AvgIpc) is 2.89. The molecule has 202 valence electrons. The highest BCUT2D eigenvalue weighted by Gasteiger charge is 2.45. The zero-order valence-electron chi connectivity index (χ0n) is 20.2. The van der Waals surface area contributed by atoms with Crippen molar-refractivity contribution in [3.05, 3.63) is 47.5 Å². The molecule has 1 saturated heterocycles. The predicted octanol–water partition coefficient (Wildman–Crippen LogP) is 0.0928. The lowest BCUT2D eigenvalue weighted by atomic mass is 9.99. The standard InChI is InChI=1S/C25H30O12/c1-33-17-10-14(11-18(34-2)21(17)29)4-6-20(28)35-12-19-22(30)23(31)24(32)25(37-19)36-16-9-13(7-8-26)3-5-15(16)27/h3-6,9-11,19,22-27,29-32H,7-8,12H2,1-2H3/b6-4+/t19-,22-,23+,24-,25-/m1/s1. The van der Waals surface area contributed by atoms with Crippen molar-refractivity contribution in [3.8, 4) is 28.7 Å². The minimum atomic E-state index is -1.70. The summed E-state index contributed by atoms with van der Waals surface area (Å²) in [6.45, 7) is -0.625. The van der Waals surface area contributed by atoms with Crippen LogP contribution < -0.4 is 14.2 Å². The first-order chi connectivity index (χ1) is 17.7. The number of hydrogen-bond acceptors (Lipinski definition) is 12. The van der Waals surface area contributed by atoms with Crippen LogP contribution in [0.15, 0.2) is 36.4 Å². The van der Waals surface area contributed by atoms with E-state index < -0.39 is 43.3 Å². The maximum atomic E-state index is 12.2. The van der Waals surface area contributed by atoms with Crippen LogP contribution in [0.5, 0.6) is 28.7 Å². The van der Waals surface area contributed by atoms with Crippen LogP contribution in [-0.2, 0) is 20.7 Å². The lowest BCUT2D eigenvalue weighted by Gasteiger charge is -2.39. The van der Waals surface area contributed by atoms with E-state index in [-0.39, 0.29) is 35.4 Å². The highest BCUT2D eigenvalue weighted by molar-refractivity contribution is 5.87. The summed E-state index contributed by atoms with van der Waals surface area (Å²) in [5, 5.41) is 60.0. The number of carbonyl (C=O) groups is 1. The summed E-state index contributed by atoms with van der Waals surface area (Å²) in [4.78, 5) is 12.2. The minimum absolute atomic E-state index is 0.0722. The van der Waals surface area contributed by atoms with E-state index >= 15 is 0 Å². The summed E-state index contributed by atoms with van der Waals surface area (Å²) in [5.74, 6) is -1.07. The number of aromatic hydroxyl groups is 2. The Kier molecular flexibility index (Phi) is 9.55. The van der Waals surface area contributed by atoms with E-state index in [1.54, 1.807) is 6.07 Å². The van der Waals surface area contributed by atoms with Crippen molar-refractivity contribution in [1.82, 2.24) is 0 Å². The van der Waals surface area contributed by atoms with Gasteiger partial charge in [0.1, 0.15) is 31.0 Å². The third-order valence-corrected chi connectivity index (χ3v) is 5.64. The highest BCUT2D eigenvalue weighted by atomic mass is 16.7. The second kappa shape index (κ2) is 12.6. The van der Waals surface area contributed by atoms with E-state index in [4.69, 9.17) is 28.8 Å². The number of aliphatic hydroxyl groups excluding tert-OH is 4. The molecule has 1 aliphatic rings. The summed E-state index contributed by atoms with van der Waals surface area (Å²) in [6.07, 6.45) is -4.99. The summed E-state index contributed by atoms with van der Waals surface area (Å²) < 4.78 is 26.3. The van der Waals surface area contributed by atoms with Crippen LogP contribution in [0.3, 0.4) is 0 Å². The number of rotatable bonds is 10. The van der Waals surface area contributed by atoms with Crippen molar-refractivity contribution >= 4 is 12.0 Å². The largest absolute Gasteiger partial charge is 0.504 e. The number of phenolic OH excluding ortho intramolecular Hbond substituents is 2. The fourth-order valence-electron chi connectivity index (χ4n) is 3.60. The molecule has 0 aliphatic carbocycles. The topological polar surface area (TPSA) is 185 Å². The van der Waals surface area contributed by atoms with Crippen LogP contribution in [0, 0.1) is 0 Å². The Labute approximate surface area is 212 Å². The number of carbonyl (C=O) groups excluding carboxylic acids is 1. The Balaban J connectivity index is 1.65. The van der Waals surface area contributed by atoms with Crippen LogP contribution in [0.25, 0.3) is 6.08 Å². The highest BCUT2D eigenvalue weighted by Crippen LogP contribution is 2.37. The zero-order chi connectivity index (χ0) is 27.1. The molecule has 0 radical (unpaired) electrons. The van der Waals surface area contributed by atoms with Gasteiger partial charge in [0.05, 0.1) is 14.2 Å². The third-order valence-electron chi connectivity index (χ3n) is 5.64. The van der Waals surface area contributed by atoms with Crippen LogP contribution in [0.2, 0.25) is 0 Å².